The first kappa shape index (κ1) is 20.4. The van der Waals surface area contributed by atoms with Crippen LogP contribution < -0.4 is 5.32 Å². The number of halogens is 2. The molecule has 0 saturated carbocycles. The molecule has 3 nitrogen and oxygen atoms in total. The van der Waals surface area contributed by atoms with Crippen molar-refractivity contribution in [2.45, 2.75) is 32.4 Å². The van der Waals surface area contributed by atoms with Crippen LogP contribution in [0.5, 0.6) is 0 Å². The van der Waals surface area contributed by atoms with Gasteiger partial charge in [-0.2, -0.15) is 0 Å². The molecule has 1 fully saturated rings. The van der Waals surface area contributed by atoms with Crippen molar-refractivity contribution < 1.29 is 0 Å². The molecule has 1 heterocycles. The van der Waals surface area contributed by atoms with Crippen molar-refractivity contribution in [3.63, 3.8) is 0 Å². The van der Waals surface area contributed by atoms with Crippen LogP contribution in [0.2, 0.25) is 10.0 Å². The fourth-order valence-corrected chi connectivity index (χ4v) is 4.18. The zero-order chi connectivity index (χ0) is 19.4. The maximum absolute atomic E-state index is 6.42. The molecular formula is C21H25Cl2N3S. The van der Waals surface area contributed by atoms with E-state index in [0.29, 0.717) is 12.6 Å². The molecule has 0 unspecified atom stereocenters. The van der Waals surface area contributed by atoms with Crippen LogP contribution in [-0.4, -0.2) is 41.1 Å². The number of piperidine rings is 1. The van der Waals surface area contributed by atoms with E-state index in [0.717, 1.165) is 57.9 Å². The smallest absolute Gasteiger partial charge is 0.173 e. The number of rotatable bonds is 4. The molecule has 0 aliphatic carbocycles. The Hall–Kier alpha value is -1.33. The van der Waals surface area contributed by atoms with E-state index in [1.807, 2.05) is 43.3 Å². The van der Waals surface area contributed by atoms with Crippen LogP contribution in [0.25, 0.3) is 0 Å². The van der Waals surface area contributed by atoms with Crippen molar-refractivity contribution in [3.8, 4) is 0 Å². The van der Waals surface area contributed by atoms with E-state index in [4.69, 9.17) is 35.4 Å². The van der Waals surface area contributed by atoms with E-state index < -0.39 is 0 Å². The highest BCUT2D eigenvalue weighted by molar-refractivity contribution is 7.80. The zero-order valence-corrected chi connectivity index (χ0v) is 18.0. The minimum absolute atomic E-state index is 0.394. The first-order valence-corrected chi connectivity index (χ1v) is 10.4. The molecular weight excluding hydrogens is 397 g/mol. The number of nitrogens with zero attached hydrogens (tertiary/aromatic N) is 2. The van der Waals surface area contributed by atoms with Crippen LogP contribution in [0.3, 0.4) is 0 Å². The Morgan fingerprint density at radius 1 is 1.19 bits per heavy atom. The Kier molecular flexibility index (Phi) is 6.99. The second-order valence-corrected chi connectivity index (χ2v) is 8.37. The average Bonchev–Trinajstić information content (AvgIpc) is 2.64. The topological polar surface area (TPSA) is 18.5 Å². The van der Waals surface area contributed by atoms with Gasteiger partial charge in [-0.1, -0.05) is 41.4 Å². The van der Waals surface area contributed by atoms with Crippen LogP contribution in [0, 0.1) is 6.92 Å². The summed E-state index contributed by atoms with van der Waals surface area (Å²) in [6, 6.07) is 14.2. The first-order valence-electron chi connectivity index (χ1n) is 9.20. The largest absolute Gasteiger partial charge is 0.342 e. The van der Waals surface area contributed by atoms with Crippen LogP contribution in [0.1, 0.15) is 24.0 Å². The predicted octanol–water partition coefficient (Wildman–Crippen LogP) is 5.60. The van der Waals surface area contributed by atoms with Crippen molar-refractivity contribution in [1.82, 2.24) is 9.80 Å². The number of benzene rings is 2. The van der Waals surface area contributed by atoms with E-state index in [9.17, 15) is 0 Å². The molecule has 0 radical (unpaired) electrons. The number of hydrogen-bond acceptors (Lipinski definition) is 2. The number of aryl methyl sites for hydroxylation is 1. The molecule has 1 saturated heterocycles. The lowest BCUT2D eigenvalue weighted by Gasteiger charge is -2.39. The maximum atomic E-state index is 6.42. The van der Waals surface area contributed by atoms with Crippen molar-refractivity contribution >= 4 is 46.2 Å². The van der Waals surface area contributed by atoms with Gasteiger partial charge in [0.25, 0.3) is 0 Å². The summed E-state index contributed by atoms with van der Waals surface area (Å²) in [5.74, 6) is 0. The van der Waals surface area contributed by atoms with Crippen molar-refractivity contribution in [2.75, 3.05) is 25.5 Å². The third kappa shape index (κ3) is 5.35. The third-order valence-corrected chi connectivity index (χ3v) is 6.06. The van der Waals surface area contributed by atoms with E-state index in [1.165, 1.54) is 0 Å². The monoisotopic (exact) mass is 421 g/mol. The van der Waals surface area contributed by atoms with Gasteiger partial charge in [-0.3, -0.25) is 0 Å². The SMILES string of the molecule is Cc1cc(Cl)ccc1NC(=S)N(Cc1ccccc1Cl)C1CCN(C)CC1. The number of nitrogens with one attached hydrogen (secondary N) is 1. The van der Waals surface area contributed by atoms with Crippen molar-refractivity contribution in [2.24, 2.45) is 0 Å². The molecule has 2 aromatic carbocycles. The lowest BCUT2D eigenvalue weighted by atomic mass is 10.0. The van der Waals surface area contributed by atoms with Gasteiger partial charge in [0.1, 0.15) is 0 Å². The molecule has 0 atom stereocenters. The van der Waals surface area contributed by atoms with Gasteiger partial charge in [0.15, 0.2) is 5.11 Å². The molecule has 0 spiro atoms. The molecule has 0 aromatic heterocycles. The van der Waals surface area contributed by atoms with Gasteiger partial charge in [0.2, 0.25) is 0 Å². The highest BCUT2D eigenvalue weighted by atomic mass is 35.5. The van der Waals surface area contributed by atoms with Gasteiger partial charge in [-0.25, -0.2) is 0 Å². The Morgan fingerprint density at radius 2 is 1.89 bits per heavy atom. The van der Waals surface area contributed by atoms with Gasteiger partial charge < -0.3 is 15.1 Å². The van der Waals surface area contributed by atoms with Gasteiger partial charge in [0.05, 0.1) is 0 Å². The highest BCUT2D eigenvalue weighted by Crippen LogP contribution is 2.25. The van der Waals surface area contributed by atoms with Gasteiger partial charge in [0, 0.05) is 28.3 Å². The third-order valence-electron chi connectivity index (χ3n) is 5.12. The van der Waals surface area contributed by atoms with Crippen LogP contribution in [0.4, 0.5) is 5.69 Å². The van der Waals surface area contributed by atoms with Gasteiger partial charge >= 0.3 is 0 Å². The molecule has 144 valence electrons. The summed E-state index contributed by atoms with van der Waals surface area (Å²) >= 11 is 18.3. The quantitative estimate of drug-likeness (QED) is 0.647. The summed E-state index contributed by atoms with van der Waals surface area (Å²) in [6.45, 7) is 4.88. The lowest BCUT2D eigenvalue weighted by molar-refractivity contribution is 0.173. The number of hydrogen-bond donors (Lipinski definition) is 1. The van der Waals surface area contributed by atoms with E-state index >= 15 is 0 Å². The first-order chi connectivity index (χ1) is 12.9. The van der Waals surface area contributed by atoms with Crippen LogP contribution >= 0.6 is 35.4 Å². The average molecular weight is 422 g/mol. The Morgan fingerprint density at radius 3 is 2.56 bits per heavy atom. The second kappa shape index (κ2) is 9.24. The van der Waals surface area contributed by atoms with Crippen molar-refractivity contribution in [1.29, 1.82) is 0 Å². The normalized spacial score (nSPS) is 15.6. The molecule has 3 rings (SSSR count). The molecule has 1 aliphatic heterocycles. The lowest BCUT2D eigenvalue weighted by Crippen LogP contribution is -2.47. The minimum Gasteiger partial charge on any atom is -0.342 e. The van der Waals surface area contributed by atoms with Gasteiger partial charge in [-0.05, 0) is 87.5 Å². The standard InChI is InChI=1S/C21H25Cl2N3S/c1-15-13-17(22)7-8-20(15)24-21(27)26(18-9-11-25(2)12-10-18)14-16-5-3-4-6-19(16)23/h3-8,13,18H,9-12,14H2,1-2H3,(H,24,27). The Labute approximate surface area is 177 Å². The van der Waals surface area contributed by atoms with Crippen molar-refractivity contribution in [3.05, 3.63) is 63.6 Å². The summed E-state index contributed by atoms with van der Waals surface area (Å²) in [5, 5.41) is 5.67. The highest BCUT2D eigenvalue weighted by Gasteiger charge is 2.26. The van der Waals surface area contributed by atoms with E-state index in [1.54, 1.807) is 0 Å². The zero-order valence-electron chi connectivity index (χ0n) is 15.7. The number of anilines is 1. The predicted molar refractivity (Wildman–Crippen MR) is 120 cm³/mol. The second-order valence-electron chi connectivity index (χ2n) is 7.14. The molecule has 1 aliphatic rings. The van der Waals surface area contributed by atoms with Crippen LogP contribution in [-0.2, 0) is 6.54 Å². The Balaban J connectivity index is 1.81. The summed E-state index contributed by atoms with van der Waals surface area (Å²) in [5.41, 5.74) is 3.16. The number of likely N-dealkylation sites (tertiary alicyclic amines) is 1. The Bertz CT molecular complexity index is 804. The summed E-state index contributed by atoms with van der Waals surface area (Å²) in [7, 11) is 2.17. The molecule has 1 N–H and O–H groups in total. The molecule has 0 bridgehead atoms. The fraction of sp³-hybridized carbons (Fsp3) is 0.381. The molecule has 2 aromatic rings. The molecule has 27 heavy (non-hydrogen) atoms. The van der Waals surface area contributed by atoms with E-state index in [2.05, 4.69) is 28.2 Å². The maximum Gasteiger partial charge on any atom is 0.173 e. The number of thiocarbonyl (C=S) groups is 1. The minimum atomic E-state index is 0.394. The summed E-state index contributed by atoms with van der Waals surface area (Å²) < 4.78 is 0. The molecule has 0 amide bonds. The summed E-state index contributed by atoms with van der Waals surface area (Å²) in [6.07, 6.45) is 2.17. The van der Waals surface area contributed by atoms with Crippen LogP contribution in [0.15, 0.2) is 42.5 Å². The van der Waals surface area contributed by atoms with E-state index in [-0.39, 0.29) is 0 Å². The van der Waals surface area contributed by atoms with Gasteiger partial charge in [-0.15, -0.1) is 0 Å². The molecule has 6 heteroatoms. The summed E-state index contributed by atoms with van der Waals surface area (Å²) in [4.78, 5) is 4.65. The fourth-order valence-electron chi connectivity index (χ4n) is 3.44.